The molecule has 0 radical (unpaired) electrons. The van der Waals surface area contributed by atoms with E-state index >= 15 is 0 Å². The number of carbonyl (C=O) groups is 1. The highest BCUT2D eigenvalue weighted by atomic mass is 35.5. The summed E-state index contributed by atoms with van der Waals surface area (Å²) < 4.78 is 10.8. The number of nitrogens with zero attached hydrogens (tertiary/aromatic N) is 3. The van der Waals surface area contributed by atoms with Gasteiger partial charge in [0, 0.05) is 23.7 Å². The van der Waals surface area contributed by atoms with Crippen LogP contribution in [-0.2, 0) is 0 Å². The van der Waals surface area contributed by atoms with Gasteiger partial charge in [-0.2, -0.15) is 4.98 Å². The number of aromatic nitrogens is 2. The first-order valence-electron chi connectivity index (χ1n) is 9.17. The minimum Gasteiger partial charge on any atom is -0.496 e. The molecule has 1 aromatic heterocycles. The molecule has 1 aliphatic heterocycles. The van der Waals surface area contributed by atoms with Gasteiger partial charge in [-0.05, 0) is 37.1 Å². The second-order valence-electron chi connectivity index (χ2n) is 6.76. The van der Waals surface area contributed by atoms with Gasteiger partial charge in [-0.15, -0.1) is 0 Å². The van der Waals surface area contributed by atoms with Gasteiger partial charge in [0.25, 0.3) is 5.91 Å². The zero-order chi connectivity index (χ0) is 19.5. The summed E-state index contributed by atoms with van der Waals surface area (Å²) in [6.07, 6.45) is 1.77. The van der Waals surface area contributed by atoms with Crippen LogP contribution in [0.15, 0.2) is 53.1 Å². The van der Waals surface area contributed by atoms with E-state index in [9.17, 15) is 4.79 Å². The molecule has 2 aromatic carbocycles. The van der Waals surface area contributed by atoms with Gasteiger partial charge >= 0.3 is 0 Å². The van der Waals surface area contributed by atoms with Crippen molar-refractivity contribution in [2.24, 2.45) is 0 Å². The molecule has 1 aliphatic rings. The highest BCUT2D eigenvalue weighted by molar-refractivity contribution is 6.30. The van der Waals surface area contributed by atoms with Crippen LogP contribution in [0.3, 0.4) is 0 Å². The van der Waals surface area contributed by atoms with Crippen LogP contribution in [0, 0.1) is 0 Å². The van der Waals surface area contributed by atoms with E-state index in [1.165, 1.54) is 0 Å². The smallest absolute Gasteiger partial charge is 0.257 e. The van der Waals surface area contributed by atoms with Gasteiger partial charge in [-0.3, -0.25) is 4.79 Å². The van der Waals surface area contributed by atoms with Gasteiger partial charge in [0.15, 0.2) is 0 Å². The largest absolute Gasteiger partial charge is 0.496 e. The molecule has 0 spiro atoms. The first-order chi connectivity index (χ1) is 13.7. The summed E-state index contributed by atoms with van der Waals surface area (Å²) in [4.78, 5) is 19.4. The zero-order valence-electron chi connectivity index (χ0n) is 15.5. The Kier molecular flexibility index (Phi) is 5.30. The molecule has 4 rings (SSSR count). The molecule has 1 atom stereocenters. The van der Waals surface area contributed by atoms with Crippen molar-refractivity contribution in [3.8, 4) is 17.1 Å². The van der Waals surface area contributed by atoms with E-state index in [0.29, 0.717) is 41.1 Å². The molecular weight excluding hydrogens is 378 g/mol. The van der Waals surface area contributed by atoms with Gasteiger partial charge in [0.1, 0.15) is 5.75 Å². The van der Waals surface area contributed by atoms with Crippen LogP contribution in [0.5, 0.6) is 5.75 Å². The fourth-order valence-electron chi connectivity index (χ4n) is 3.50. The van der Waals surface area contributed by atoms with Gasteiger partial charge < -0.3 is 14.2 Å². The summed E-state index contributed by atoms with van der Waals surface area (Å²) in [5, 5.41) is 4.71. The summed E-state index contributed by atoms with van der Waals surface area (Å²) >= 11 is 6.05. The molecule has 1 amide bonds. The molecule has 6 nitrogen and oxygen atoms in total. The third-order valence-electron chi connectivity index (χ3n) is 4.92. The third kappa shape index (κ3) is 3.73. The van der Waals surface area contributed by atoms with Gasteiger partial charge in [0.2, 0.25) is 11.7 Å². The maximum absolute atomic E-state index is 13.0. The monoisotopic (exact) mass is 397 g/mol. The molecule has 0 N–H and O–H groups in total. The van der Waals surface area contributed by atoms with Crippen molar-refractivity contribution in [3.63, 3.8) is 0 Å². The van der Waals surface area contributed by atoms with E-state index in [1.54, 1.807) is 31.4 Å². The second kappa shape index (κ2) is 8.02. The Hall–Kier alpha value is -2.86. The normalized spacial score (nSPS) is 16.8. The highest BCUT2D eigenvalue weighted by Crippen LogP contribution is 2.30. The summed E-state index contributed by atoms with van der Waals surface area (Å²) in [5.74, 6) is 1.60. The van der Waals surface area contributed by atoms with Gasteiger partial charge in [-0.25, -0.2) is 0 Å². The number of rotatable bonds is 4. The molecular formula is C21H20ClN3O3. The van der Waals surface area contributed by atoms with Crippen molar-refractivity contribution in [2.75, 3.05) is 20.2 Å². The predicted octanol–water partition coefficient (Wildman–Crippen LogP) is 4.42. The Bertz CT molecular complexity index is 988. The average molecular weight is 398 g/mol. The van der Waals surface area contributed by atoms with E-state index in [0.717, 1.165) is 18.4 Å². The van der Waals surface area contributed by atoms with Crippen LogP contribution in [0.4, 0.5) is 0 Å². The maximum Gasteiger partial charge on any atom is 0.257 e. The van der Waals surface area contributed by atoms with Crippen molar-refractivity contribution in [3.05, 3.63) is 65.0 Å². The molecule has 3 aromatic rings. The van der Waals surface area contributed by atoms with Crippen LogP contribution in [0.2, 0.25) is 5.02 Å². The topological polar surface area (TPSA) is 68.5 Å². The molecule has 28 heavy (non-hydrogen) atoms. The lowest BCUT2D eigenvalue weighted by molar-refractivity contribution is 0.0692. The van der Waals surface area contributed by atoms with Crippen molar-refractivity contribution < 1.29 is 14.1 Å². The van der Waals surface area contributed by atoms with E-state index in [2.05, 4.69) is 10.1 Å². The summed E-state index contributed by atoms with van der Waals surface area (Å²) in [6, 6.07) is 14.6. The lowest BCUT2D eigenvalue weighted by Crippen LogP contribution is -2.39. The van der Waals surface area contributed by atoms with Gasteiger partial charge in [-0.1, -0.05) is 41.0 Å². The van der Waals surface area contributed by atoms with Crippen LogP contribution < -0.4 is 4.74 Å². The van der Waals surface area contributed by atoms with Gasteiger partial charge in [0.05, 0.1) is 18.6 Å². The van der Waals surface area contributed by atoms with Crippen LogP contribution in [0.1, 0.15) is 35.0 Å². The van der Waals surface area contributed by atoms with Crippen LogP contribution >= 0.6 is 11.6 Å². The number of likely N-dealkylation sites (tertiary alicyclic amines) is 1. The molecule has 0 aliphatic carbocycles. The number of hydrogen-bond acceptors (Lipinski definition) is 5. The quantitative estimate of drug-likeness (QED) is 0.651. The maximum atomic E-state index is 13.0. The molecule has 0 bridgehead atoms. The standard InChI is InChI=1S/C21H20ClN3O3/c1-27-18-10-3-2-9-17(18)21(26)25-11-5-7-15(13-25)20-23-19(24-28-20)14-6-4-8-16(22)12-14/h2-4,6,8-10,12,15H,5,7,11,13H2,1H3/t15-/m1/s1. The number of benzene rings is 2. The van der Waals surface area contributed by atoms with Crippen molar-refractivity contribution in [1.82, 2.24) is 15.0 Å². The number of methoxy groups -OCH3 is 1. The Balaban J connectivity index is 1.52. The number of ether oxygens (including phenoxy) is 1. The molecule has 1 saturated heterocycles. The zero-order valence-corrected chi connectivity index (χ0v) is 16.2. The Morgan fingerprint density at radius 1 is 1.25 bits per heavy atom. The van der Waals surface area contributed by atoms with Crippen molar-refractivity contribution in [2.45, 2.75) is 18.8 Å². The molecule has 144 valence electrons. The highest BCUT2D eigenvalue weighted by Gasteiger charge is 2.30. The summed E-state index contributed by atoms with van der Waals surface area (Å²) in [7, 11) is 1.57. The number of carbonyl (C=O) groups excluding carboxylic acids is 1. The van der Waals surface area contributed by atoms with E-state index in [4.69, 9.17) is 20.9 Å². The third-order valence-corrected chi connectivity index (χ3v) is 5.15. The van der Waals surface area contributed by atoms with E-state index in [1.807, 2.05) is 29.2 Å². The number of halogens is 1. The fourth-order valence-corrected chi connectivity index (χ4v) is 3.69. The summed E-state index contributed by atoms with van der Waals surface area (Å²) in [5.41, 5.74) is 1.37. The number of para-hydroxylation sites is 1. The average Bonchev–Trinajstić information content (AvgIpc) is 3.24. The Morgan fingerprint density at radius 2 is 2.11 bits per heavy atom. The lowest BCUT2D eigenvalue weighted by Gasteiger charge is -2.31. The molecule has 0 unspecified atom stereocenters. The molecule has 2 heterocycles. The van der Waals surface area contributed by atoms with E-state index in [-0.39, 0.29) is 11.8 Å². The second-order valence-corrected chi connectivity index (χ2v) is 7.19. The van der Waals surface area contributed by atoms with Crippen LogP contribution in [-0.4, -0.2) is 41.1 Å². The predicted molar refractivity (Wildman–Crippen MR) is 106 cm³/mol. The first kappa shape index (κ1) is 18.5. The Morgan fingerprint density at radius 3 is 2.93 bits per heavy atom. The van der Waals surface area contributed by atoms with Crippen LogP contribution in [0.25, 0.3) is 11.4 Å². The lowest BCUT2D eigenvalue weighted by atomic mass is 9.97. The Labute approximate surface area is 168 Å². The number of piperidine rings is 1. The van der Waals surface area contributed by atoms with Crippen molar-refractivity contribution >= 4 is 17.5 Å². The SMILES string of the molecule is COc1ccccc1C(=O)N1CCC[C@@H](c2nc(-c3cccc(Cl)c3)no2)C1. The minimum atomic E-state index is -0.0447. The summed E-state index contributed by atoms with van der Waals surface area (Å²) in [6.45, 7) is 1.23. The fraction of sp³-hybridized carbons (Fsp3) is 0.286. The van der Waals surface area contributed by atoms with Crippen molar-refractivity contribution in [1.29, 1.82) is 0 Å². The number of hydrogen-bond donors (Lipinski definition) is 0. The molecule has 7 heteroatoms. The van der Waals surface area contributed by atoms with E-state index < -0.39 is 0 Å². The molecule has 1 fully saturated rings. The number of amides is 1. The first-order valence-corrected chi connectivity index (χ1v) is 9.55. The minimum absolute atomic E-state index is 0.00726. The molecule has 0 saturated carbocycles.